The topological polar surface area (TPSA) is 59.8 Å². The van der Waals surface area contributed by atoms with Gasteiger partial charge in [-0.25, -0.2) is 14.1 Å². The van der Waals surface area contributed by atoms with Crippen LogP contribution in [0.4, 0.5) is 10.1 Å². The zero-order chi connectivity index (χ0) is 14.7. The van der Waals surface area contributed by atoms with Gasteiger partial charge in [-0.15, -0.1) is 0 Å². The second-order valence-electron chi connectivity index (χ2n) is 4.76. The number of halogens is 1. The zero-order valence-electron chi connectivity index (χ0n) is 11.7. The minimum atomic E-state index is -0.329. The number of carbonyl (C=O) groups is 1. The highest BCUT2D eigenvalue weighted by Crippen LogP contribution is 2.14. The first-order valence-corrected chi connectivity index (χ1v) is 6.41. The molecule has 0 aliphatic carbocycles. The number of aromatic nitrogens is 3. The fourth-order valence-electron chi connectivity index (χ4n) is 2.05. The maximum Gasteiger partial charge on any atom is 0.226 e. The number of nitrogens with one attached hydrogen (secondary N) is 1. The van der Waals surface area contributed by atoms with Crippen LogP contribution in [0.1, 0.15) is 31.0 Å². The molecule has 1 amide bonds. The molecule has 0 fully saturated rings. The van der Waals surface area contributed by atoms with Crippen LogP contribution in [0.25, 0.3) is 0 Å². The average Bonchev–Trinajstić information content (AvgIpc) is 2.71. The van der Waals surface area contributed by atoms with E-state index in [4.69, 9.17) is 0 Å². The summed E-state index contributed by atoms with van der Waals surface area (Å²) in [6.07, 6.45) is 0.279. The summed E-state index contributed by atoms with van der Waals surface area (Å²) >= 11 is 0. The van der Waals surface area contributed by atoms with Gasteiger partial charge in [-0.1, -0.05) is 0 Å². The van der Waals surface area contributed by atoms with Crippen molar-refractivity contribution < 1.29 is 9.18 Å². The van der Waals surface area contributed by atoms with Gasteiger partial charge < -0.3 is 5.32 Å². The van der Waals surface area contributed by atoms with Crippen molar-refractivity contribution in [3.63, 3.8) is 0 Å². The molecule has 106 valence electrons. The average molecular weight is 276 g/mol. The molecule has 0 aliphatic heterocycles. The van der Waals surface area contributed by atoms with E-state index in [1.807, 2.05) is 20.8 Å². The van der Waals surface area contributed by atoms with Crippen molar-refractivity contribution in [3.05, 3.63) is 41.7 Å². The number of anilines is 1. The number of hydrogen-bond donors (Lipinski definition) is 1. The molecule has 0 unspecified atom stereocenters. The maximum atomic E-state index is 12.8. The Kier molecular flexibility index (Phi) is 4.12. The van der Waals surface area contributed by atoms with Crippen LogP contribution >= 0.6 is 0 Å². The van der Waals surface area contributed by atoms with Gasteiger partial charge in [-0.2, -0.15) is 5.10 Å². The molecule has 5 nitrogen and oxygen atoms in total. The van der Waals surface area contributed by atoms with Crippen molar-refractivity contribution >= 4 is 11.6 Å². The summed E-state index contributed by atoms with van der Waals surface area (Å²) in [5.41, 5.74) is 0.579. The number of aryl methyl sites for hydroxylation is 2. The van der Waals surface area contributed by atoms with Crippen molar-refractivity contribution in [3.8, 4) is 0 Å². The Bertz CT molecular complexity index is 606. The molecule has 2 rings (SSSR count). The van der Waals surface area contributed by atoms with Gasteiger partial charge in [0, 0.05) is 12.1 Å². The third-order valence-electron chi connectivity index (χ3n) is 2.93. The van der Waals surface area contributed by atoms with Crippen LogP contribution in [-0.2, 0) is 4.79 Å². The van der Waals surface area contributed by atoms with Crippen LogP contribution < -0.4 is 5.32 Å². The van der Waals surface area contributed by atoms with Crippen molar-refractivity contribution in [2.45, 2.75) is 33.2 Å². The van der Waals surface area contributed by atoms with Crippen LogP contribution in [0.3, 0.4) is 0 Å². The van der Waals surface area contributed by atoms with E-state index in [1.165, 1.54) is 24.3 Å². The zero-order valence-corrected chi connectivity index (χ0v) is 11.7. The predicted octanol–water partition coefficient (Wildman–Crippen LogP) is 2.62. The van der Waals surface area contributed by atoms with E-state index >= 15 is 0 Å². The molecule has 1 N–H and O–H groups in total. The first kappa shape index (κ1) is 14.2. The Balaban J connectivity index is 1.97. The van der Waals surface area contributed by atoms with Crippen LogP contribution in [0.15, 0.2) is 24.3 Å². The van der Waals surface area contributed by atoms with Crippen molar-refractivity contribution in [1.82, 2.24) is 14.8 Å². The third-order valence-corrected chi connectivity index (χ3v) is 2.93. The van der Waals surface area contributed by atoms with Crippen molar-refractivity contribution in [1.29, 1.82) is 0 Å². The molecule has 6 heteroatoms. The third kappa shape index (κ3) is 3.40. The van der Waals surface area contributed by atoms with E-state index in [0.29, 0.717) is 11.5 Å². The fraction of sp³-hybridized carbons (Fsp3) is 0.357. The van der Waals surface area contributed by atoms with Gasteiger partial charge in [0.05, 0.1) is 6.04 Å². The Morgan fingerprint density at radius 2 is 2.00 bits per heavy atom. The van der Waals surface area contributed by atoms with Gasteiger partial charge >= 0.3 is 0 Å². The summed E-state index contributed by atoms with van der Waals surface area (Å²) < 4.78 is 14.5. The minimum absolute atomic E-state index is 0.0864. The fourth-order valence-corrected chi connectivity index (χ4v) is 2.05. The van der Waals surface area contributed by atoms with E-state index < -0.39 is 0 Å². The Morgan fingerprint density at radius 3 is 2.55 bits per heavy atom. The molecule has 0 saturated carbocycles. The molecule has 1 atom stereocenters. The summed E-state index contributed by atoms with van der Waals surface area (Å²) in [5, 5.41) is 6.99. The number of hydrogen-bond acceptors (Lipinski definition) is 3. The van der Waals surface area contributed by atoms with Crippen LogP contribution in [0.2, 0.25) is 0 Å². The summed E-state index contributed by atoms with van der Waals surface area (Å²) in [4.78, 5) is 16.1. The number of benzene rings is 1. The lowest BCUT2D eigenvalue weighted by Crippen LogP contribution is -2.19. The van der Waals surface area contributed by atoms with Crippen LogP contribution in [0, 0.1) is 19.7 Å². The first-order valence-electron chi connectivity index (χ1n) is 6.41. The highest BCUT2D eigenvalue weighted by molar-refractivity contribution is 5.90. The maximum absolute atomic E-state index is 12.8. The lowest BCUT2D eigenvalue weighted by molar-refractivity contribution is -0.116. The van der Waals surface area contributed by atoms with Gasteiger partial charge in [-0.3, -0.25) is 4.79 Å². The van der Waals surface area contributed by atoms with Gasteiger partial charge in [-0.05, 0) is 45.0 Å². The predicted molar refractivity (Wildman–Crippen MR) is 73.9 cm³/mol. The molecular formula is C14H17FN4O. The smallest absolute Gasteiger partial charge is 0.226 e. The summed E-state index contributed by atoms with van der Waals surface area (Å²) in [6, 6.07) is 5.59. The molecule has 1 aromatic carbocycles. The Hall–Kier alpha value is -2.24. The van der Waals surface area contributed by atoms with Crippen molar-refractivity contribution in [2.75, 3.05) is 5.32 Å². The SMILES string of the molecule is Cc1nc(C)n([C@@H](C)CC(=O)Nc2ccc(F)cc2)n1. The first-order chi connectivity index (χ1) is 9.45. The molecule has 2 aromatic rings. The van der Waals surface area contributed by atoms with E-state index in [1.54, 1.807) is 4.68 Å². The van der Waals surface area contributed by atoms with E-state index in [2.05, 4.69) is 15.4 Å². The number of amides is 1. The van der Waals surface area contributed by atoms with E-state index in [0.717, 1.165) is 5.82 Å². The van der Waals surface area contributed by atoms with Gasteiger partial charge in [0.15, 0.2) is 0 Å². The van der Waals surface area contributed by atoms with Crippen LogP contribution in [0.5, 0.6) is 0 Å². The monoisotopic (exact) mass is 276 g/mol. The van der Waals surface area contributed by atoms with Crippen LogP contribution in [-0.4, -0.2) is 20.7 Å². The molecule has 20 heavy (non-hydrogen) atoms. The normalized spacial score (nSPS) is 12.2. The van der Waals surface area contributed by atoms with Gasteiger partial charge in [0.2, 0.25) is 5.91 Å². The summed E-state index contributed by atoms with van der Waals surface area (Å²) in [6.45, 7) is 5.58. The van der Waals surface area contributed by atoms with E-state index in [9.17, 15) is 9.18 Å². The quantitative estimate of drug-likeness (QED) is 0.933. The standard InChI is InChI=1S/C14H17FN4O/c1-9(19-11(3)16-10(2)18-19)8-14(20)17-13-6-4-12(15)5-7-13/h4-7,9H,8H2,1-3H3,(H,17,20)/t9-/m0/s1. The molecule has 0 saturated heterocycles. The lowest BCUT2D eigenvalue weighted by Gasteiger charge is -2.13. The largest absolute Gasteiger partial charge is 0.326 e. The Labute approximate surface area is 116 Å². The van der Waals surface area contributed by atoms with Gasteiger partial charge in [0.1, 0.15) is 17.5 Å². The molecular weight excluding hydrogens is 259 g/mol. The highest BCUT2D eigenvalue weighted by Gasteiger charge is 2.14. The summed E-state index contributed by atoms with van der Waals surface area (Å²) in [7, 11) is 0. The number of rotatable bonds is 4. The molecule has 1 aromatic heterocycles. The number of nitrogens with zero attached hydrogens (tertiary/aromatic N) is 3. The molecule has 0 radical (unpaired) electrons. The van der Waals surface area contributed by atoms with Crippen molar-refractivity contribution in [2.24, 2.45) is 0 Å². The Morgan fingerprint density at radius 1 is 1.35 bits per heavy atom. The minimum Gasteiger partial charge on any atom is -0.326 e. The highest BCUT2D eigenvalue weighted by atomic mass is 19.1. The molecule has 0 spiro atoms. The second-order valence-corrected chi connectivity index (χ2v) is 4.76. The molecule has 0 bridgehead atoms. The molecule has 1 heterocycles. The second kappa shape index (κ2) is 5.81. The van der Waals surface area contributed by atoms with E-state index in [-0.39, 0.29) is 24.2 Å². The lowest BCUT2D eigenvalue weighted by atomic mass is 10.2. The molecule has 0 aliphatic rings. The summed E-state index contributed by atoms with van der Waals surface area (Å²) in [5.74, 6) is 1.000. The van der Waals surface area contributed by atoms with Gasteiger partial charge in [0.25, 0.3) is 0 Å². The number of carbonyl (C=O) groups excluding carboxylic acids is 1.